The molecule has 0 bridgehead atoms. The second-order valence-corrected chi connectivity index (χ2v) is 6.61. The first kappa shape index (κ1) is 21.9. The molecule has 1 aromatic carbocycles. The standard InChI is InChI=1S/C19H29FN2O2.ClH/c1-15(6-7-16-4-2-5-17(20)14-16)19(23)22-11-8-18(9-12-22)24-13-3-10-21;/h2,4-5,14-15,18H,3,6-13,21H2,1H3;1H. The van der Waals surface area contributed by atoms with Gasteiger partial charge in [-0.15, -0.1) is 12.4 Å². The van der Waals surface area contributed by atoms with E-state index in [1.165, 1.54) is 6.07 Å². The van der Waals surface area contributed by atoms with E-state index in [4.69, 9.17) is 10.5 Å². The van der Waals surface area contributed by atoms with Crippen molar-refractivity contribution in [1.82, 2.24) is 4.90 Å². The molecule has 1 atom stereocenters. The summed E-state index contributed by atoms with van der Waals surface area (Å²) in [4.78, 5) is 14.5. The lowest BCUT2D eigenvalue weighted by Crippen LogP contribution is -2.43. The highest BCUT2D eigenvalue weighted by atomic mass is 35.5. The summed E-state index contributed by atoms with van der Waals surface area (Å²) in [7, 11) is 0. The fourth-order valence-electron chi connectivity index (χ4n) is 3.09. The molecule has 1 unspecified atom stereocenters. The third-order valence-corrected chi connectivity index (χ3v) is 4.63. The van der Waals surface area contributed by atoms with E-state index in [0.29, 0.717) is 13.2 Å². The van der Waals surface area contributed by atoms with Crippen molar-refractivity contribution in [3.8, 4) is 0 Å². The van der Waals surface area contributed by atoms with E-state index >= 15 is 0 Å². The van der Waals surface area contributed by atoms with Crippen molar-refractivity contribution >= 4 is 18.3 Å². The fraction of sp³-hybridized carbons (Fsp3) is 0.632. The lowest BCUT2D eigenvalue weighted by Gasteiger charge is -2.33. The Morgan fingerprint density at radius 2 is 2.12 bits per heavy atom. The van der Waals surface area contributed by atoms with Crippen LogP contribution in [0.1, 0.15) is 38.2 Å². The summed E-state index contributed by atoms with van der Waals surface area (Å²) in [5.74, 6) is -0.0574. The summed E-state index contributed by atoms with van der Waals surface area (Å²) >= 11 is 0. The van der Waals surface area contributed by atoms with Crippen molar-refractivity contribution in [1.29, 1.82) is 0 Å². The fourth-order valence-corrected chi connectivity index (χ4v) is 3.09. The van der Waals surface area contributed by atoms with E-state index in [1.54, 1.807) is 12.1 Å². The van der Waals surface area contributed by atoms with Gasteiger partial charge in [0.15, 0.2) is 0 Å². The van der Waals surface area contributed by atoms with Crippen molar-refractivity contribution in [2.75, 3.05) is 26.2 Å². The number of carbonyl (C=O) groups excluding carboxylic acids is 1. The molecule has 2 N–H and O–H groups in total. The van der Waals surface area contributed by atoms with Crippen LogP contribution in [0.2, 0.25) is 0 Å². The van der Waals surface area contributed by atoms with Crippen LogP contribution in [0.15, 0.2) is 24.3 Å². The van der Waals surface area contributed by atoms with Crippen LogP contribution in [0, 0.1) is 11.7 Å². The average molecular weight is 373 g/mol. The molecule has 1 amide bonds. The van der Waals surface area contributed by atoms with Crippen LogP contribution in [0.3, 0.4) is 0 Å². The molecule has 0 aromatic heterocycles. The van der Waals surface area contributed by atoms with Gasteiger partial charge in [0.1, 0.15) is 5.82 Å². The van der Waals surface area contributed by atoms with Gasteiger partial charge in [0.05, 0.1) is 6.10 Å². The van der Waals surface area contributed by atoms with Crippen LogP contribution >= 0.6 is 12.4 Å². The number of benzene rings is 1. The molecule has 2 rings (SSSR count). The number of nitrogens with zero attached hydrogens (tertiary/aromatic N) is 1. The second kappa shape index (κ2) is 11.4. The summed E-state index contributed by atoms with van der Waals surface area (Å²) in [6.45, 7) is 4.84. The minimum Gasteiger partial charge on any atom is -0.378 e. The number of rotatable bonds is 8. The number of carbonyl (C=O) groups is 1. The molecule has 1 heterocycles. The maximum Gasteiger partial charge on any atom is 0.225 e. The van der Waals surface area contributed by atoms with E-state index in [9.17, 15) is 9.18 Å². The van der Waals surface area contributed by atoms with Gasteiger partial charge in [-0.3, -0.25) is 4.79 Å². The van der Waals surface area contributed by atoms with Gasteiger partial charge in [0.2, 0.25) is 5.91 Å². The molecule has 142 valence electrons. The number of hydrogen-bond donors (Lipinski definition) is 1. The zero-order chi connectivity index (χ0) is 17.4. The Kier molecular flexibility index (Phi) is 10.0. The first-order valence-corrected chi connectivity index (χ1v) is 8.95. The minimum atomic E-state index is -0.219. The van der Waals surface area contributed by atoms with Gasteiger partial charge in [-0.05, 0) is 56.3 Å². The molecule has 0 saturated carbocycles. The van der Waals surface area contributed by atoms with E-state index in [2.05, 4.69) is 0 Å². The molecule has 0 aliphatic carbocycles. The highest BCUT2D eigenvalue weighted by molar-refractivity contribution is 5.85. The third kappa shape index (κ3) is 7.30. The Morgan fingerprint density at radius 3 is 2.76 bits per heavy atom. The molecule has 1 aliphatic rings. The molecule has 1 aromatic rings. The Labute approximate surface area is 156 Å². The summed E-state index contributed by atoms with van der Waals surface area (Å²) in [5, 5.41) is 0. The van der Waals surface area contributed by atoms with E-state index < -0.39 is 0 Å². The lowest BCUT2D eigenvalue weighted by atomic mass is 9.98. The minimum absolute atomic E-state index is 0. The maximum atomic E-state index is 13.2. The number of amides is 1. The Balaban J connectivity index is 0.00000312. The largest absolute Gasteiger partial charge is 0.378 e. The van der Waals surface area contributed by atoms with Crippen LogP contribution in [0.25, 0.3) is 0 Å². The molecule has 25 heavy (non-hydrogen) atoms. The predicted octanol–water partition coefficient (Wildman–Crippen LogP) is 3.17. The van der Waals surface area contributed by atoms with Crippen molar-refractivity contribution in [3.05, 3.63) is 35.6 Å². The summed E-state index contributed by atoms with van der Waals surface area (Å²) in [6.07, 6.45) is 4.40. The van der Waals surface area contributed by atoms with Gasteiger partial charge >= 0.3 is 0 Å². The highest BCUT2D eigenvalue weighted by Crippen LogP contribution is 2.19. The zero-order valence-corrected chi connectivity index (χ0v) is 15.8. The SMILES string of the molecule is CC(CCc1cccc(F)c1)C(=O)N1CCC(OCCCN)CC1.Cl. The average Bonchev–Trinajstić information content (AvgIpc) is 2.60. The first-order valence-electron chi connectivity index (χ1n) is 8.95. The highest BCUT2D eigenvalue weighted by Gasteiger charge is 2.26. The summed E-state index contributed by atoms with van der Waals surface area (Å²) in [6, 6.07) is 6.61. The molecule has 1 fully saturated rings. The molecule has 4 nitrogen and oxygen atoms in total. The van der Waals surface area contributed by atoms with Gasteiger partial charge < -0.3 is 15.4 Å². The van der Waals surface area contributed by atoms with Gasteiger partial charge in [0.25, 0.3) is 0 Å². The molecule has 1 aliphatic heterocycles. The second-order valence-electron chi connectivity index (χ2n) is 6.61. The first-order chi connectivity index (χ1) is 11.6. The number of ether oxygens (including phenoxy) is 1. The molecule has 6 heteroatoms. The van der Waals surface area contributed by atoms with Crippen molar-refractivity contribution in [2.45, 2.75) is 45.1 Å². The van der Waals surface area contributed by atoms with Crippen LogP contribution < -0.4 is 5.73 Å². The van der Waals surface area contributed by atoms with Crippen LogP contribution in [0.4, 0.5) is 4.39 Å². The number of likely N-dealkylation sites (tertiary alicyclic amines) is 1. The van der Waals surface area contributed by atoms with Crippen molar-refractivity contribution < 1.29 is 13.9 Å². The van der Waals surface area contributed by atoms with Crippen molar-refractivity contribution in [3.63, 3.8) is 0 Å². The van der Waals surface area contributed by atoms with Crippen molar-refractivity contribution in [2.24, 2.45) is 11.7 Å². The van der Waals surface area contributed by atoms with E-state index in [1.807, 2.05) is 17.9 Å². The smallest absolute Gasteiger partial charge is 0.225 e. The van der Waals surface area contributed by atoms with E-state index in [0.717, 1.165) is 50.8 Å². The molecule has 1 saturated heterocycles. The number of halogens is 2. The number of aryl methyl sites for hydroxylation is 1. The van der Waals surface area contributed by atoms with E-state index in [-0.39, 0.29) is 36.2 Å². The summed E-state index contributed by atoms with van der Waals surface area (Å²) in [5.41, 5.74) is 6.41. The topological polar surface area (TPSA) is 55.6 Å². The quantitative estimate of drug-likeness (QED) is 0.713. The predicted molar refractivity (Wildman–Crippen MR) is 100 cm³/mol. The van der Waals surface area contributed by atoms with Crippen LogP contribution in [-0.2, 0) is 16.0 Å². The lowest BCUT2D eigenvalue weighted by molar-refractivity contribution is -0.137. The molecular weight excluding hydrogens is 343 g/mol. The number of hydrogen-bond acceptors (Lipinski definition) is 3. The Morgan fingerprint density at radius 1 is 1.40 bits per heavy atom. The Bertz CT molecular complexity index is 522. The van der Waals surface area contributed by atoms with Gasteiger partial charge in [-0.25, -0.2) is 4.39 Å². The van der Waals surface area contributed by atoms with Crippen LogP contribution in [-0.4, -0.2) is 43.2 Å². The Hall–Kier alpha value is -1.17. The van der Waals surface area contributed by atoms with Gasteiger partial charge in [0, 0.05) is 25.6 Å². The summed E-state index contributed by atoms with van der Waals surface area (Å²) < 4.78 is 19.0. The third-order valence-electron chi connectivity index (χ3n) is 4.63. The van der Waals surface area contributed by atoms with Crippen LogP contribution in [0.5, 0.6) is 0 Å². The monoisotopic (exact) mass is 372 g/mol. The normalized spacial score (nSPS) is 16.4. The van der Waals surface area contributed by atoms with Gasteiger partial charge in [-0.2, -0.15) is 0 Å². The maximum absolute atomic E-state index is 13.2. The molecule has 0 radical (unpaired) electrons. The molecule has 0 spiro atoms. The number of piperidine rings is 1. The van der Waals surface area contributed by atoms with Gasteiger partial charge in [-0.1, -0.05) is 19.1 Å². The number of nitrogens with two attached hydrogens (primary N) is 1. The zero-order valence-electron chi connectivity index (χ0n) is 15.0. The molecular formula is C19H30ClFN2O2.